The maximum atomic E-state index is 13.8. The number of halogens is 4. The lowest BCUT2D eigenvalue weighted by Crippen LogP contribution is -2.13. The Balaban J connectivity index is 1.58. The number of aromatic amines is 1. The van der Waals surface area contributed by atoms with Crippen molar-refractivity contribution in [1.82, 2.24) is 19.8 Å². The molecule has 0 saturated heterocycles. The van der Waals surface area contributed by atoms with Crippen LogP contribution < -0.4 is 14.9 Å². The zero-order chi connectivity index (χ0) is 21.3. The Morgan fingerprint density at radius 3 is 2.67 bits per heavy atom. The average Bonchev–Trinajstić information content (AvgIpc) is 3.12. The van der Waals surface area contributed by atoms with E-state index in [0.29, 0.717) is 28.6 Å². The number of anilines is 2. The number of ether oxygens (including phenoxy) is 1. The van der Waals surface area contributed by atoms with E-state index in [-0.39, 0.29) is 11.6 Å². The van der Waals surface area contributed by atoms with Crippen LogP contribution in [0.4, 0.5) is 24.8 Å². The van der Waals surface area contributed by atoms with E-state index in [4.69, 9.17) is 16.5 Å². The number of hydrogen-bond acceptors (Lipinski definition) is 5. The number of rotatable bonds is 5. The molecule has 2 heterocycles. The molecule has 0 aliphatic rings. The van der Waals surface area contributed by atoms with Gasteiger partial charge < -0.3 is 15.0 Å². The molecule has 0 spiro atoms. The van der Waals surface area contributed by atoms with Crippen LogP contribution in [0.3, 0.4) is 0 Å². The number of imidazole rings is 1. The largest absolute Gasteiger partial charge is 0.457 e. The van der Waals surface area contributed by atoms with Crippen LogP contribution in [0.2, 0.25) is 0 Å². The van der Waals surface area contributed by atoms with E-state index in [0.717, 1.165) is 6.07 Å². The van der Waals surface area contributed by atoms with Gasteiger partial charge in [0.1, 0.15) is 23.0 Å². The van der Waals surface area contributed by atoms with Gasteiger partial charge in [0, 0.05) is 42.2 Å². The van der Waals surface area contributed by atoms with Crippen molar-refractivity contribution in [3.05, 3.63) is 71.8 Å². The second kappa shape index (κ2) is 7.91. The quantitative estimate of drug-likeness (QED) is 0.311. The molecule has 30 heavy (non-hydrogen) atoms. The summed E-state index contributed by atoms with van der Waals surface area (Å²) in [6, 6.07) is 9.09. The van der Waals surface area contributed by atoms with Gasteiger partial charge in [0.2, 0.25) is 5.95 Å². The first kappa shape index (κ1) is 19.5. The summed E-state index contributed by atoms with van der Waals surface area (Å²) in [5.74, 6) is -3.24. The van der Waals surface area contributed by atoms with Gasteiger partial charge in [-0.05, 0) is 18.2 Å². The molecule has 7 nitrogen and oxygen atoms in total. The third-order valence-corrected chi connectivity index (χ3v) is 4.16. The van der Waals surface area contributed by atoms with Crippen LogP contribution in [-0.4, -0.2) is 20.9 Å². The monoisotopic (exact) mass is 433 g/mol. The predicted molar refractivity (Wildman–Crippen MR) is 103 cm³/mol. The Bertz CT molecular complexity index is 1260. The number of aromatic nitrogens is 3. The van der Waals surface area contributed by atoms with Crippen molar-refractivity contribution in [2.45, 2.75) is 0 Å². The van der Waals surface area contributed by atoms with Gasteiger partial charge in [-0.15, -0.1) is 0 Å². The minimum atomic E-state index is -1.32. The molecule has 0 unspecified atom stereocenters. The fraction of sp³-hybridized carbons (Fsp3) is 0. The summed E-state index contributed by atoms with van der Waals surface area (Å²) in [7, 11) is 0. The molecule has 152 valence electrons. The second-order valence-corrected chi connectivity index (χ2v) is 6.23. The number of pyridine rings is 1. The summed E-state index contributed by atoms with van der Waals surface area (Å²) in [5, 5.41) is 2.51. The average molecular weight is 434 g/mol. The Morgan fingerprint density at radius 2 is 1.87 bits per heavy atom. The molecule has 3 N–H and O–H groups in total. The van der Waals surface area contributed by atoms with Crippen LogP contribution in [0, 0.1) is 17.5 Å². The van der Waals surface area contributed by atoms with Crippen molar-refractivity contribution in [3.8, 4) is 11.5 Å². The number of hydrogen-bond donors (Lipinski definition) is 3. The standard InChI is InChI=1S/C19H11ClF3N5O2/c20-28-18(29)16-8-11(3-4-24-16)30-10-1-2-13-14(7-10)26-19(25-13)27-15-6-9(21)5-12(22)17(15)23/h1-8H,(H,28,29)(H2,25,26,27). The first-order valence-corrected chi connectivity index (χ1v) is 8.77. The molecule has 4 rings (SSSR count). The lowest BCUT2D eigenvalue weighted by Gasteiger charge is -2.06. The number of nitrogens with zero attached hydrogens (tertiary/aromatic N) is 2. The summed E-state index contributed by atoms with van der Waals surface area (Å²) in [4.78, 5) is 24.5. The summed E-state index contributed by atoms with van der Waals surface area (Å²) >= 11 is 5.29. The molecule has 2 aromatic heterocycles. The topological polar surface area (TPSA) is 91.9 Å². The van der Waals surface area contributed by atoms with Gasteiger partial charge >= 0.3 is 0 Å². The van der Waals surface area contributed by atoms with Crippen LogP contribution in [0.1, 0.15) is 10.5 Å². The zero-order valence-electron chi connectivity index (χ0n) is 14.8. The van der Waals surface area contributed by atoms with Crippen LogP contribution in [0.25, 0.3) is 11.0 Å². The summed E-state index contributed by atoms with van der Waals surface area (Å²) in [6.45, 7) is 0. The van der Waals surface area contributed by atoms with Gasteiger partial charge in [0.25, 0.3) is 5.91 Å². The van der Waals surface area contributed by atoms with E-state index in [1.807, 2.05) is 4.84 Å². The normalized spacial score (nSPS) is 10.8. The fourth-order valence-corrected chi connectivity index (χ4v) is 2.76. The maximum absolute atomic E-state index is 13.8. The van der Waals surface area contributed by atoms with Crippen LogP contribution >= 0.6 is 11.8 Å². The number of benzene rings is 2. The fourth-order valence-electron chi connectivity index (χ4n) is 2.67. The molecule has 0 bridgehead atoms. The molecular formula is C19H11ClF3N5O2. The third kappa shape index (κ3) is 3.98. The van der Waals surface area contributed by atoms with Crippen LogP contribution in [-0.2, 0) is 0 Å². The van der Waals surface area contributed by atoms with E-state index < -0.39 is 29.0 Å². The molecule has 0 aliphatic heterocycles. The number of carbonyl (C=O) groups is 1. The highest BCUT2D eigenvalue weighted by Gasteiger charge is 2.13. The Labute approximate surface area is 172 Å². The Morgan fingerprint density at radius 1 is 1.07 bits per heavy atom. The lowest BCUT2D eigenvalue weighted by molar-refractivity contribution is 0.0976. The van der Waals surface area contributed by atoms with Gasteiger partial charge in [-0.1, -0.05) is 0 Å². The van der Waals surface area contributed by atoms with Crippen LogP contribution in [0.5, 0.6) is 11.5 Å². The number of carbonyl (C=O) groups excluding carboxylic acids is 1. The molecule has 0 fully saturated rings. The summed E-state index contributed by atoms with van der Waals surface area (Å²) in [6.07, 6.45) is 1.39. The van der Waals surface area contributed by atoms with Crippen molar-refractivity contribution >= 4 is 40.4 Å². The SMILES string of the molecule is O=C(NCl)c1cc(Oc2ccc3[nH]c(Nc4cc(F)cc(F)c4F)nc3c2)ccn1. The number of nitrogens with one attached hydrogen (secondary N) is 3. The molecule has 0 saturated carbocycles. The molecular weight excluding hydrogens is 423 g/mol. The smallest absolute Gasteiger partial charge is 0.284 e. The summed E-state index contributed by atoms with van der Waals surface area (Å²) in [5.41, 5.74) is 0.684. The highest BCUT2D eigenvalue weighted by molar-refractivity contribution is 6.23. The van der Waals surface area contributed by atoms with E-state index in [1.165, 1.54) is 12.3 Å². The van der Waals surface area contributed by atoms with Crippen molar-refractivity contribution < 1.29 is 22.7 Å². The van der Waals surface area contributed by atoms with Crippen molar-refractivity contribution in [3.63, 3.8) is 0 Å². The highest BCUT2D eigenvalue weighted by Crippen LogP contribution is 2.27. The van der Waals surface area contributed by atoms with Gasteiger partial charge in [-0.25, -0.2) is 18.2 Å². The number of amides is 1. The maximum Gasteiger partial charge on any atom is 0.284 e. The first-order chi connectivity index (χ1) is 14.4. The molecule has 0 aliphatic carbocycles. The third-order valence-electron chi connectivity index (χ3n) is 3.99. The molecule has 0 atom stereocenters. The molecule has 4 aromatic rings. The van der Waals surface area contributed by atoms with E-state index in [9.17, 15) is 18.0 Å². The molecule has 11 heteroatoms. The zero-order valence-corrected chi connectivity index (χ0v) is 15.6. The predicted octanol–water partition coefficient (Wildman–Crippen LogP) is 4.79. The van der Waals surface area contributed by atoms with Gasteiger partial charge in [0.15, 0.2) is 11.6 Å². The Kier molecular flexibility index (Phi) is 5.15. The van der Waals surface area contributed by atoms with Crippen molar-refractivity contribution in [2.75, 3.05) is 5.32 Å². The number of fused-ring (bicyclic) bond motifs is 1. The van der Waals surface area contributed by atoms with Crippen LogP contribution in [0.15, 0.2) is 48.7 Å². The van der Waals surface area contributed by atoms with E-state index in [1.54, 1.807) is 24.3 Å². The molecule has 0 radical (unpaired) electrons. The minimum Gasteiger partial charge on any atom is -0.457 e. The van der Waals surface area contributed by atoms with Gasteiger partial charge in [0.05, 0.1) is 16.7 Å². The molecule has 1 amide bonds. The Hall–Kier alpha value is -3.79. The van der Waals surface area contributed by atoms with Crippen molar-refractivity contribution in [1.29, 1.82) is 0 Å². The van der Waals surface area contributed by atoms with E-state index >= 15 is 0 Å². The molecule has 2 aromatic carbocycles. The lowest BCUT2D eigenvalue weighted by atomic mass is 10.3. The summed E-state index contributed by atoms with van der Waals surface area (Å²) < 4.78 is 46.3. The first-order valence-electron chi connectivity index (χ1n) is 8.39. The highest BCUT2D eigenvalue weighted by atomic mass is 35.5. The van der Waals surface area contributed by atoms with Crippen molar-refractivity contribution in [2.24, 2.45) is 0 Å². The van der Waals surface area contributed by atoms with Gasteiger partial charge in [-0.2, -0.15) is 0 Å². The van der Waals surface area contributed by atoms with Gasteiger partial charge in [-0.3, -0.25) is 14.6 Å². The van der Waals surface area contributed by atoms with E-state index in [2.05, 4.69) is 20.3 Å². The second-order valence-electron chi connectivity index (χ2n) is 6.04. The minimum absolute atomic E-state index is 0.0687. The number of H-pyrrole nitrogens is 1.